The van der Waals surface area contributed by atoms with E-state index in [9.17, 15) is 14.0 Å². The first-order chi connectivity index (χ1) is 9.56. The molecule has 2 rings (SSSR count). The zero-order valence-electron chi connectivity index (χ0n) is 10.6. The Kier molecular flexibility index (Phi) is 5.14. The average Bonchev–Trinajstić information content (AvgIpc) is 2.79. The summed E-state index contributed by atoms with van der Waals surface area (Å²) < 4.78 is 24.0. The van der Waals surface area contributed by atoms with E-state index in [1.807, 2.05) is 0 Å². The van der Waals surface area contributed by atoms with E-state index in [0.717, 1.165) is 0 Å². The number of aliphatic hydroxyl groups excluding tert-OH is 1. The van der Waals surface area contributed by atoms with Crippen molar-refractivity contribution < 1.29 is 28.6 Å². The van der Waals surface area contributed by atoms with Crippen LogP contribution in [0.15, 0.2) is 0 Å². The van der Waals surface area contributed by atoms with E-state index in [1.54, 1.807) is 0 Å². The molecule has 2 heterocycles. The number of ether oxygens (including phenoxy) is 2. The lowest BCUT2D eigenvalue weighted by molar-refractivity contribution is -0.139. The molecule has 1 unspecified atom stereocenters. The summed E-state index contributed by atoms with van der Waals surface area (Å²) >= 11 is 5.48. The second-order valence-corrected chi connectivity index (χ2v) is 4.94. The monoisotopic (exact) mass is 310 g/mol. The Bertz CT molecular complexity index is 386. The molecule has 3 amide bonds. The summed E-state index contributed by atoms with van der Waals surface area (Å²) in [5.41, 5.74) is 0. The fraction of sp³-hybridized carbons (Fsp3) is 0.818. The Morgan fingerprint density at radius 3 is 2.90 bits per heavy atom. The van der Waals surface area contributed by atoms with Crippen molar-refractivity contribution in [1.29, 1.82) is 0 Å². The van der Waals surface area contributed by atoms with Crippen LogP contribution in [0.3, 0.4) is 0 Å². The normalized spacial score (nSPS) is 34.5. The highest BCUT2D eigenvalue weighted by Crippen LogP contribution is 2.27. The largest absolute Gasteiger partial charge is 0.394 e. The Labute approximate surface area is 119 Å². The van der Waals surface area contributed by atoms with E-state index >= 15 is 0 Å². The van der Waals surface area contributed by atoms with Crippen molar-refractivity contribution in [3.63, 3.8) is 0 Å². The molecule has 0 aliphatic carbocycles. The van der Waals surface area contributed by atoms with Crippen LogP contribution in [0.1, 0.15) is 6.42 Å². The lowest BCUT2D eigenvalue weighted by atomic mass is 10.2. The van der Waals surface area contributed by atoms with E-state index < -0.39 is 43.2 Å². The summed E-state index contributed by atoms with van der Waals surface area (Å²) in [6.45, 7) is -0.326. The number of nitrogens with zero attached hydrogens (tertiary/aromatic N) is 1. The number of rotatable bonds is 5. The summed E-state index contributed by atoms with van der Waals surface area (Å²) in [4.78, 5) is 24.5. The van der Waals surface area contributed by atoms with Crippen LogP contribution in [0, 0.1) is 0 Å². The first-order valence-corrected chi connectivity index (χ1v) is 6.79. The number of carbonyl (C=O) groups excluding carboxylic acids is 2. The van der Waals surface area contributed by atoms with Crippen molar-refractivity contribution in [3.8, 4) is 0 Å². The lowest BCUT2D eigenvalue weighted by Gasteiger charge is -2.35. The molecule has 114 valence electrons. The SMILES string of the molecule is O=C1NC(=O)N([C@H]2C[C@H](F)[C@@H](CO)O2)CC1OCCCl. The van der Waals surface area contributed by atoms with Gasteiger partial charge in [-0.1, -0.05) is 0 Å². The number of imide groups is 1. The molecule has 0 aromatic heterocycles. The second kappa shape index (κ2) is 6.66. The van der Waals surface area contributed by atoms with Gasteiger partial charge in [-0.15, -0.1) is 11.6 Å². The number of hydrogen-bond acceptors (Lipinski definition) is 5. The van der Waals surface area contributed by atoms with Gasteiger partial charge in [0, 0.05) is 12.3 Å². The average molecular weight is 311 g/mol. The van der Waals surface area contributed by atoms with Crippen LogP contribution >= 0.6 is 11.6 Å². The molecular formula is C11H16ClFN2O5. The maximum atomic E-state index is 13.5. The van der Waals surface area contributed by atoms with E-state index in [4.69, 9.17) is 26.2 Å². The predicted molar refractivity (Wildman–Crippen MR) is 66.0 cm³/mol. The Morgan fingerprint density at radius 1 is 1.55 bits per heavy atom. The molecule has 7 nitrogen and oxygen atoms in total. The zero-order valence-corrected chi connectivity index (χ0v) is 11.4. The van der Waals surface area contributed by atoms with Gasteiger partial charge in [-0.3, -0.25) is 15.0 Å². The van der Waals surface area contributed by atoms with Crippen LogP contribution < -0.4 is 5.32 Å². The van der Waals surface area contributed by atoms with Crippen LogP contribution in [0.2, 0.25) is 0 Å². The molecule has 9 heteroatoms. The zero-order chi connectivity index (χ0) is 14.7. The van der Waals surface area contributed by atoms with Gasteiger partial charge in [0.1, 0.15) is 18.5 Å². The van der Waals surface area contributed by atoms with Gasteiger partial charge in [-0.25, -0.2) is 9.18 Å². The highest BCUT2D eigenvalue weighted by atomic mass is 35.5. The van der Waals surface area contributed by atoms with E-state index in [-0.39, 0.29) is 25.5 Å². The number of amides is 3. The van der Waals surface area contributed by atoms with Crippen LogP contribution in [-0.4, -0.2) is 72.2 Å². The van der Waals surface area contributed by atoms with Crippen LogP contribution in [-0.2, 0) is 14.3 Å². The van der Waals surface area contributed by atoms with E-state index in [2.05, 4.69) is 5.32 Å². The van der Waals surface area contributed by atoms with Crippen molar-refractivity contribution in [2.45, 2.75) is 31.0 Å². The molecule has 2 N–H and O–H groups in total. The third-order valence-electron chi connectivity index (χ3n) is 3.23. The molecule has 4 atom stereocenters. The van der Waals surface area contributed by atoms with Crippen molar-refractivity contribution in [2.75, 3.05) is 25.6 Å². The molecule has 0 aromatic rings. The van der Waals surface area contributed by atoms with Gasteiger partial charge in [-0.05, 0) is 0 Å². The summed E-state index contributed by atoms with van der Waals surface area (Å²) in [7, 11) is 0. The van der Waals surface area contributed by atoms with Crippen molar-refractivity contribution in [1.82, 2.24) is 10.2 Å². The predicted octanol–water partition coefficient (Wildman–Crippen LogP) is -0.392. The van der Waals surface area contributed by atoms with Crippen molar-refractivity contribution in [3.05, 3.63) is 0 Å². The smallest absolute Gasteiger partial charge is 0.326 e. The molecule has 2 aliphatic rings. The minimum Gasteiger partial charge on any atom is -0.394 e. The fourth-order valence-corrected chi connectivity index (χ4v) is 2.30. The highest BCUT2D eigenvalue weighted by molar-refractivity contribution is 6.18. The van der Waals surface area contributed by atoms with Gasteiger partial charge in [0.15, 0.2) is 6.10 Å². The molecule has 0 bridgehead atoms. The molecule has 0 radical (unpaired) electrons. The lowest BCUT2D eigenvalue weighted by Crippen LogP contribution is -2.60. The first-order valence-electron chi connectivity index (χ1n) is 6.26. The topological polar surface area (TPSA) is 88.1 Å². The van der Waals surface area contributed by atoms with Gasteiger partial charge < -0.3 is 14.6 Å². The molecule has 20 heavy (non-hydrogen) atoms. The molecule has 0 spiro atoms. The van der Waals surface area contributed by atoms with Gasteiger partial charge in [0.2, 0.25) is 0 Å². The number of urea groups is 1. The van der Waals surface area contributed by atoms with Crippen LogP contribution in [0.4, 0.5) is 9.18 Å². The number of alkyl halides is 2. The van der Waals surface area contributed by atoms with E-state index in [1.165, 1.54) is 4.90 Å². The molecular weight excluding hydrogens is 295 g/mol. The Balaban J connectivity index is 2.00. The standard InChI is InChI=1S/C11H16ClFN2O5/c12-1-2-19-7-4-15(11(18)14-10(7)17)9-3-6(13)8(5-16)20-9/h6-9,16H,1-5H2,(H,14,17,18)/t6-,7?,8+,9+/m0/s1. The maximum Gasteiger partial charge on any atom is 0.326 e. The first kappa shape index (κ1) is 15.4. The highest BCUT2D eigenvalue weighted by Gasteiger charge is 2.43. The molecule has 0 saturated carbocycles. The van der Waals surface area contributed by atoms with E-state index in [0.29, 0.717) is 0 Å². The maximum absolute atomic E-state index is 13.5. The number of carbonyl (C=O) groups is 2. The van der Waals surface area contributed by atoms with Crippen LogP contribution in [0.25, 0.3) is 0 Å². The number of aliphatic hydroxyl groups is 1. The summed E-state index contributed by atoms with van der Waals surface area (Å²) in [6, 6.07) is -0.656. The fourth-order valence-electron chi connectivity index (χ4n) is 2.21. The van der Waals surface area contributed by atoms with Crippen molar-refractivity contribution in [2.24, 2.45) is 0 Å². The molecule has 0 aromatic carbocycles. The summed E-state index contributed by atoms with van der Waals surface area (Å²) in [5, 5.41) is 11.1. The third kappa shape index (κ3) is 3.20. The quantitative estimate of drug-likeness (QED) is 0.675. The minimum atomic E-state index is -1.35. The van der Waals surface area contributed by atoms with Crippen LogP contribution in [0.5, 0.6) is 0 Å². The minimum absolute atomic E-state index is 0.0307. The van der Waals surface area contributed by atoms with Gasteiger partial charge in [-0.2, -0.15) is 0 Å². The second-order valence-electron chi connectivity index (χ2n) is 4.56. The summed E-state index contributed by atoms with van der Waals surface area (Å²) in [6.07, 6.45) is -4.03. The number of nitrogens with one attached hydrogen (secondary N) is 1. The number of halogens is 2. The van der Waals surface area contributed by atoms with Crippen molar-refractivity contribution >= 4 is 23.5 Å². The molecule has 2 aliphatic heterocycles. The van der Waals surface area contributed by atoms with Gasteiger partial charge >= 0.3 is 6.03 Å². The molecule has 2 saturated heterocycles. The van der Waals surface area contributed by atoms with Gasteiger partial charge in [0.05, 0.1) is 19.8 Å². The number of hydrogen-bond donors (Lipinski definition) is 2. The summed E-state index contributed by atoms with van der Waals surface area (Å²) in [5.74, 6) is -0.332. The third-order valence-corrected chi connectivity index (χ3v) is 3.39. The Hall–Kier alpha value is -0.960. The molecule has 2 fully saturated rings. The van der Waals surface area contributed by atoms with Gasteiger partial charge in [0.25, 0.3) is 5.91 Å². The Morgan fingerprint density at radius 2 is 2.30 bits per heavy atom.